The molecule has 0 spiro atoms. The summed E-state index contributed by atoms with van der Waals surface area (Å²) in [7, 11) is 1.99. The van der Waals surface area contributed by atoms with E-state index in [9.17, 15) is 4.39 Å². The maximum Gasteiger partial charge on any atom is 0.141 e. The molecule has 0 bridgehead atoms. The van der Waals surface area contributed by atoms with Crippen LogP contribution < -0.4 is 10.2 Å². The van der Waals surface area contributed by atoms with Gasteiger partial charge < -0.3 is 10.2 Å². The molecule has 4 heteroatoms. The van der Waals surface area contributed by atoms with Crippen LogP contribution in [0.1, 0.15) is 12.8 Å². The summed E-state index contributed by atoms with van der Waals surface area (Å²) in [6.07, 6.45) is 3.72. The Hall–Kier alpha value is -1.16. The van der Waals surface area contributed by atoms with Gasteiger partial charge in [0.25, 0.3) is 0 Å². The van der Waals surface area contributed by atoms with Crippen molar-refractivity contribution in [3.63, 3.8) is 0 Å². The maximum absolute atomic E-state index is 12.7. The zero-order chi connectivity index (χ0) is 10.7. The molecule has 0 amide bonds. The fraction of sp³-hybridized carbons (Fsp3) is 0.545. The van der Waals surface area contributed by atoms with Gasteiger partial charge in [-0.15, -0.1) is 0 Å². The monoisotopic (exact) mass is 209 g/mol. The molecule has 1 atom stereocenters. The molecule has 2 rings (SSSR count). The Kier molecular flexibility index (Phi) is 3.16. The smallest absolute Gasteiger partial charge is 0.141 e. The summed E-state index contributed by atoms with van der Waals surface area (Å²) in [4.78, 5) is 6.10. The molecule has 82 valence electrons. The van der Waals surface area contributed by atoms with Crippen molar-refractivity contribution in [3.05, 3.63) is 24.1 Å². The van der Waals surface area contributed by atoms with E-state index in [1.807, 2.05) is 7.05 Å². The molecule has 0 aliphatic carbocycles. The molecule has 1 aliphatic heterocycles. The summed E-state index contributed by atoms with van der Waals surface area (Å²) < 4.78 is 12.7. The second-order valence-electron chi connectivity index (χ2n) is 4.01. The molecule has 1 N–H and O–H groups in total. The number of hydrogen-bond donors (Lipinski definition) is 1. The quantitative estimate of drug-likeness (QED) is 0.815. The molecule has 3 nitrogen and oxygen atoms in total. The van der Waals surface area contributed by atoms with E-state index < -0.39 is 0 Å². The summed E-state index contributed by atoms with van der Waals surface area (Å²) in [5, 5.41) is 3.43. The lowest BCUT2D eigenvalue weighted by Crippen LogP contribution is -2.35. The first kappa shape index (κ1) is 10.4. The van der Waals surface area contributed by atoms with Gasteiger partial charge >= 0.3 is 0 Å². The molecule has 0 radical (unpaired) electrons. The lowest BCUT2D eigenvalue weighted by atomic mass is 10.2. The van der Waals surface area contributed by atoms with E-state index in [0.717, 1.165) is 18.9 Å². The Morgan fingerprint density at radius 1 is 1.60 bits per heavy atom. The van der Waals surface area contributed by atoms with Crippen molar-refractivity contribution in [1.29, 1.82) is 0 Å². The average Bonchev–Trinajstić information content (AvgIpc) is 2.71. The van der Waals surface area contributed by atoms with Crippen LogP contribution in [0.25, 0.3) is 0 Å². The zero-order valence-corrected chi connectivity index (χ0v) is 8.91. The van der Waals surface area contributed by atoms with E-state index in [-0.39, 0.29) is 5.82 Å². The van der Waals surface area contributed by atoms with Crippen molar-refractivity contribution in [2.75, 3.05) is 25.0 Å². The molecular formula is C11H16FN3. The van der Waals surface area contributed by atoms with Gasteiger partial charge in [-0.1, -0.05) is 0 Å². The fourth-order valence-electron chi connectivity index (χ4n) is 1.93. The highest BCUT2D eigenvalue weighted by atomic mass is 19.1. The van der Waals surface area contributed by atoms with Crippen LogP contribution in [-0.4, -0.2) is 31.2 Å². The zero-order valence-electron chi connectivity index (χ0n) is 8.91. The number of aromatic nitrogens is 1. The predicted molar refractivity (Wildman–Crippen MR) is 58.5 cm³/mol. The lowest BCUT2D eigenvalue weighted by molar-refractivity contribution is 0.594. The number of nitrogens with zero attached hydrogens (tertiary/aromatic N) is 2. The number of anilines is 1. The van der Waals surface area contributed by atoms with Crippen LogP contribution in [0.4, 0.5) is 10.2 Å². The van der Waals surface area contributed by atoms with E-state index in [1.165, 1.54) is 25.1 Å². The summed E-state index contributed by atoms with van der Waals surface area (Å²) >= 11 is 0. The topological polar surface area (TPSA) is 28.2 Å². The Bertz CT molecular complexity index is 306. The first-order valence-electron chi connectivity index (χ1n) is 5.32. The molecule has 0 saturated carbocycles. The van der Waals surface area contributed by atoms with Gasteiger partial charge in [-0.3, -0.25) is 0 Å². The van der Waals surface area contributed by atoms with Crippen molar-refractivity contribution in [2.24, 2.45) is 0 Å². The van der Waals surface area contributed by atoms with E-state index >= 15 is 0 Å². The van der Waals surface area contributed by atoms with Gasteiger partial charge in [0.15, 0.2) is 0 Å². The van der Waals surface area contributed by atoms with E-state index in [0.29, 0.717) is 6.04 Å². The summed E-state index contributed by atoms with van der Waals surface area (Å²) in [5.41, 5.74) is 0. The fourth-order valence-corrected chi connectivity index (χ4v) is 1.93. The van der Waals surface area contributed by atoms with Crippen LogP contribution in [0, 0.1) is 5.82 Å². The molecule has 2 heterocycles. The SMILES string of the molecule is CN(CC1CCCN1)c1ccc(F)cn1. The van der Waals surface area contributed by atoms with Crippen molar-refractivity contribution >= 4 is 5.82 Å². The van der Waals surface area contributed by atoms with Crippen molar-refractivity contribution in [1.82, 2.24) is 10.3 Å². The highest BCUT2D eigenvalue weighted by molar-refractivity contribution is 5.36. The highest BCUT2D eigenvalue weighted by Gasteiger charge is 2.16. The highest BCUT2D eigenvalue weighted by Crippen LogP contribution is 2.12. The van der Waals surface area contributed by atoms with Crippen LogP contribution in [0.15, 0.2) is 18.3 Å². The van der Waals surface area contributed by atoms with Crippen LogP contribution in [-0.2, 0) is 0 Å². The maximum atomic E-state index is 12.7. The molecule has 1 aliphatic rings. The van der Waals surface area contributed by atoms with Crippen LogP contribution in [0.2, 0.25) is 0 Å². The van der Waals surface area contributed by atoms with Gasteiger partial charge in [-0.2, -0.15) is 0 Å². The van der Waals surface area contributed by atoms with E-state index in [1.54, 1.807) is 6.07 Å². The number of likely N-dealkylation sites (N-methyl/N-ethyl adjacent to an activating group) is 1. The van der Waals surface area contributed by atoms with Crippen molar-refractivity contribution in [2.45, 2.75) is 18.9 Å². The summed E-state index contributed by atoms with van der Waals surface area (Å²) in [6.45, 7) is 2.04. The Balaban J connectivity index is 1.94. The van der Waals surface area contributed by atoms with Crippen molar-refractivity contribution in [3.8, 4) is 0 Å². The van der Waals surface area contributed by atoms with E-state index in [2.05, 4.69) is 15.2 Å². The van der Waals surface area contributed by atoms with Gasteiger partial charge in [-0.25, -0.2) is 9.37 Å². The third kappa shape index (κ3) is 2.65. The third-order valence-corrected chi connectivity index (χ3v) is 2.76. The molecule has 15 heavy (non-hydrogen) atoms. The first-order valence-corrected chi connectivity index (χ1v) is 5.32. The minimum Gasteiger partial charge on any atom is -0.358 e. The largest absolute Gasteiger partial charge is 0.358 e. The molecule has 1 saturated heterocycles. The van der Waals surface area contributed by atoms with Crippen molar-refractivity contribution < 1.29 is 4.39 Å². The molecule has 1 aromatic heterocycles. The lowest BCUT2D eigenvalue weighted by Gasteiger charge is -2.22. The van der Waals surface area contributed by atoms with Gasteiger partial charge in [0, 0.05) is 19.6 Å². The van der Waals surface area contributed by atoms with Gasteiger partial charge in [0.1, 0.15) is 11.6 Å². The normalized spacial score (nSPS) is 20.5. The van der Waals surface area contributed by atoms with E-state index in [4.69, 9.17) is 0 Å². The number of rotatable bonds is 3. The molecule has 0 aromatic carbocycles. The average molecular weight is 209 g/mol. The third-order valence-electron chi connectivity index (χ3n) is 2.76. The van der Waals surface area contributed by atoms with Crippen LogP contribution in [0.3, 0.4) is 0 Å². The Labute approximate surface area is 89.3 Å². The molecular weight excluding hydrogens is 193 g/mol. The Morgan fingerprint density at radius 3 is 3.07 bits per heavy atom. The second-order valence-corrected chi connectivity index (χ2v) is 4.01. The number of halogens is 1. The van der Waals surface area contributed by atoms with Gasteiger partial charge in [0.05, 0.1) is 6.20 Å². The minimum atomic E-state index is -0.286. The summed E-state index contributed by atoms with van der Waals surface area (Å²) in [5.74, 6) is 0.538. The van der Waals surface area contributed by atoms with Gasteiger partial charge in [-0.05, 0) is 31.5 Å². The van der Waals surface area contributed by atoms with Gasteiger partial charge in [0.2, 0.25) is 0 Å². The predicted octanol–water partition coefficient (Wildman–Crippen LogP) is 1.41. The number of nitrogens with one attached hydrogen (secondary N) is 1. The molecule has 1 unspecified atom stereocenters. The standard InChI is InChI=1S/C11H16FN3/c1-15(8-10-3-2-6-13-10)11-5-4-9(12)7-14-11/h4-5,7,10,13H,2-3,6,8H2,1H3. The molecule has 1 fully saturated rings. The first-order chi connectivity index (χ1) is 7.25. The number of hydrogen-bond acceptors (Lipinski definition) is 3. The van der Waals surface area contributed by atoms with Crippen LogP contribution in [0.5, 0.6) is 0 Å². The Morgan fingerprint density at radius 2 is 2.47 bits per heavy atom. The number of pyridine rings is 1. The summed E-state index contributed by atoms with van der Waals surface area (Å²) in [6, 6.07) is 3.70. The molecule has 1 aromatic rings. The minimum absolute atomic E-state index is 0.286. The van der Waals surface area contributed by atoms with Crippen LogP contribution >= 0.6 is 0 Å². The second kappa shape index (κ2) is 4.57.